The van der Waals surface area contributed by atoms with E-state index in [4.69, 9.17) is 0 Å². The summed E-state index contributed by atoms with van der Waals surface area (Å²) in [7, 11) is 1.81. The zero-order chi connectivity index (χ0) is 19.6. The number of nitrogens with zero attached hydrogens (tertiary/aromatic N) is 4. The Kier molecular flexibility index (Phi) is 10.5. The molecule has 0 saturated carbocycles. The van der Waals surface area contributed by atoms with Crippen molar-refractivity contribution in [2.45, 2.75) is 45.8 Å². The molecule has 1 aromatic heterocycles. The van der Waals surface area contributed by atoms with Crippen LogP contribution in [-0.2, 0) is 19.6 Å². The molecule has 1 aliphatic rings. The number of likely N-dealkylation sites (tertiary alicyclic amines) is 1. The molecule has 0 atom stereocenters. The summed E-state index contributed by atoms with van der Waals surface area (Å²) in [5.74, 6) is 1.73. The van der Waals surface area contributed by atoms with Crippen molar-refractivity contribution in [1.82, 2.24) is 25.3 Å². The van der Waals surface area contributed by atoms with Gasteiger partial charge in [-0.1, -0.05) is 31.2 Å². The Hall–Kier alpha value is -1.61. The molecule has 0 spiro atoms. The molecule has 29 heavy (non-hydrogen) atoms. The molecule has 7 heteroatoms. The van der Waals surface area contributed by atoms with Crippen molar-refractivity contribution in [3.8, 4) is 0 Å². The highest BCUT2D eigenvalue weighted by atomic mass is 127. The van der Waals surface area contributed by atoms with Gasteiger partial charge in [0.15, 0.2) is 5.96 Å². The maximum Gasteiger partial charge on any atom is 0.191 e. The summed E-state index contributed by atoms with van der Waals surface area (Å²) >= 11 is 0. The van der Waals surface area contributed by atoms with Gasteiger partial charge in [-0.25, -0.2) is 0 Å². The topological polar surface area (TPSA) is 57.5 Å². The minimum Gasteiger partial charge on any atom is -0.356 e. The highest BCUT2D eigenvalue weighted by Gasteiger charge is 2.15. The molecule has 1 aliphatic heterocycles. The van der Waals surface area contributed by atoms with Gasteiger partial charge in [0, 0.05) is 45.6 Å². The molecule has 2 aromatic rings. The molecule has 3 rings (SSSR count). The fraction of sp³-hybridized carbons (Fsp3) is 0.545. The highest BCUT2D eigenvalue weighted by Crippen LogP contribution is 2.18. The third kappa shape index (κ3) is 8.34. The number of halogens is 1. The van der Waals surface area contributed by atoms with Crippen LogP contribution in [0, 0.1) is 5.92 Å². The first kappa shape index (κ1) is 23.7. The summed E-state index contributed by atoms with van der Waals surface area (Å²) in [6.45, 7) is 8.45. The van der Waals surface area contributed by atoms with Gasteiger partial charge < -0.3 is 10.6 Å². The van der Waals surface area contributed by atoms with E-state index in [0.717, 1.165) is 44.5 Å². The molecule has 0 radical (unpaired) electrons. The molecule has 160 valence electrons. The van der Waals surface area contributed by atoms with Crippen LogP contribution in [0.15, 0.2) is 47.7 Å². The Morgan fingerprint density at radius 3 is 2.52 bits per heavy atom. The Morgan fingerprint density at radius 1 is 1.14 bits per heavy atom. The van der Waals surface area contributed by atoms with E-state index in [2.05, 4.69) is 56.8 Å². The standard InChI is InChI=1S/C22H34N6.HI/c1-19-9-15-27(16-10-19)18-21-7-5-20(6-8-21)17-25-22(23-2)24-11-3-13-28-14-4-12-26-28;/h4-8,12,14,19H,3,9-11,13,15-18H2,1-2H3,(H2,23,24,25);1H. The second-order valence-corrected chi connectivity index (χ2v) is 7.75. The van der Waals surface area contributed by atoms with Gasteiger partial charge in [0.25, 0.3) is 0 Å². The number of hydrogen-bond donors (Lipinski definition) is 2. The number of aromatic nitrogens is 2. The van der Waals surface area contributed by atoms with Gasteiger partial charge in [-0.3, -0.25) is 14.6 Å². The van der Waals surface area contributed by atoms with Crippen LogP contribution in [0.5, 0.6) is 0 Å². The first-order valence-corrected chi connectivity index (χ1v) is 10.4. The molecular formula is C22H35IN6. The Balaban J connectivity index is 0.00000300. The summed E-state index contributed by atoms with van der Waals surface area (Å²) in [4.78, 5) is 6.88. The lowest BCUT2D eigenvalue weighted by molar-refractivity contribution is 0.185. The van der Waals surface area contributed by atoms with Crippen molar-refractivity contribution in [3.05, 3.63) is 53.9 Å². The normalized spacial score (nSPS) is 15.7. The van der Waals surface area contributed by atoms with Crippen molar-refractivity contribution in [3.63, 3.8) is 0 Å². The quantitative estimate of drug-likeness (QED) is 0.247. The number of rotatable bonds is 8. The fourth-order valence-corrected chi connectivity index (χ4v) is 3.53. The maximum absolute atomic E-state index is 4.30. The minimum absolute atomic E-state index is 0. The van der Waals surface area contributed by atoms with Crippen molar-refractivity contribution >= 4 is 29.9 Å². The molecule has 0 aliphatic carbocycles. The first-order valence-electron chi connectivity index (χ1n) is 10.4. The number of aryl methyl sites for hydroxylation is 1. The Bertz CT molecular complexity index is 705. The fourth-order valence-electron chi connectivity index (χ4n) is 3.53. The lowest BCUT2D eigenvalue weighted by atomic mass is 9.99. The Morgan fingerprint density at radius 2 is 1.86 bits per heavy atom. The third-order valence-corrected chi connectivity index (χ3v) is 5.40. The van der Waals surface area contributed by atoms with Crippen LogP contribution in [0.4, 0.5) is 0 Å². The van der Waals surface area contributed by atoms with Gasteiger partial charge >= 0.3 is 0 Å². The zero-order valence-electron chi connectivity index (χ0n) is 17.7. The minimum atomic E-state index is 0. The molecular weight excluding hydrogens is 475 g/mol. The van der Waals surface area contributed by atoms with Crippen molar-refractivity contribution in [2.75, 3.05) is 26.7 Å². The maximum atomic E-state index is 4.30. The third-order valence-electron chi connectivity index (χ3n) is 5.40. The van der Waals surface area contributed by atoms with Gasteiger partial charge in [-0.15, -0.1) is 24.0 Å². The summed E-state index contributed by atoms with van der Waals surface area (Å²) in [5.41, 5.74) is 2.68. The van der Waals surface area contributed by atoms with E-state index in [9.17, 15) is 0 Å². The number of guanidine groups is 1. The molecule has 1 aromatic carbocycles. The Labute approximate surface area is 192 Å². The molecule has 2 N–H and O–H groups in total. The smallest absolute Gasteiger partial charge is 0.191 e. The van der Waals surface area contributed by atoms with E-state index in [0.29, 0.717) is 0 Å². The second kappa shape index (κ2) is 12.8. The average Bonchev–Trinajstić information content (AvgIpc) is 3.24. The van der Waals surface area contributed by atoms with Crippen molar-refractivity contribution in [1.29, 1.82) is 0 Å². The van der Waals surface area contributed by atoms with E-state index in [1.165, 1.54) is 37.1 Å². The molecule has 0 amide bonds. The van der Waals surface area contributed by atoms with Gasteiger partial charge in [0.2, 0.25) is 0 Å². The summed E-state index contributed by atoms with van der Waals surface area (Å²) in [6, 6.07) is 10.9. The monoisotopic (exact) mass is 510 g/mol. The van der Waals surface area contributed by atoms with Crippen LogP contribution in [0.1, 0.15) is 37.3 Å². The van der Waals surface area contributed by atoms with Gasteiger partial charge in [0.05, 0.1) is 0 Å². The SMILES string of the molecule is CN=C(NCCCn1cccn1)NCc1ccc(CN2CCC(C)CC2)cc1.I. The largest absolute Gasteiger partial charge is 0.356 e. The lowest BCUT2D eigenvalue weighted by Gasteiger charge is -2.30. The van der Waals surface area contributed by atoms with Crippen LogP contribution >= 0.6 is 24.0 Å². The van der Waals surface area contributed by atoms with Crippen LogP contribution in [0.25, 0.3) is 0 Å². The van der Waals surface area contributed by atoms with Crippen LogP contribution in [0.3, 0.4) is 0 Å². The lowest BCUT2D eigenvalue weighted by Crippen LogP contribution is -2.37. The van der Waals surface area contributed by atoms with Crippen LogP contribution in [-0.4, -0.2) is 47.3 Å². The number of hydrogen-bond acceptors (Lipinski definition) is 3. The summed E-state index contributed by atoms with van der Waals surface area (Å²) in [6.07, 6.45) is 7.47. The first-order chi connectivity index (χ1) is 13.7. The van der Waals surface area contributed by atoms with Crippen molar-refractivity contribution in [2.24, 2.45) is 10.9 Å². The predicted octanol–water partition coefficient (Wildman–Crippen LogP) is 3.49. The van der Waals surface area contributed by atoms with Crippen LogP contribution < -0.4 is 10.6 Å². The second-order valence-electron chi connectivity index (χ2n) is 7.75. The number of aliphatic imine (C=N–C) groups is 1. The number of benzene rings is 1. The van der Waals surface area contributed by atoms with Gasteiger partial charge in [-0.05, 0) is 55.5 Å². The van der Waals surface area contributed by atoms with E-state index in [1.54, 1.807) is 0 Å². The molecule has 2 heterocycles. The molecule has 1 saturated heterocycles. The molecule has 6 nitrogen and oxygen atoms in total. The average molecular weight is 510 g/mol. The zero-order valence-corrected chi connectivity index (χ0v) is 20.0. The van der Waals surface area contributed by atoms with Gasteiger partial charge in [0.1, 0.15) is 0 Å². The predicted molar refractivity (Wildman–Crippen MR) is 131 cm³/mol. The number of nitrogens with one attached hydrogen (secondary N) is 2. The summed E-state index contributed by atoms with van der Waals surface area (Å²) < 4.78 is 1.95. The van der Waals surface area contributed by atoms with E-state index in [1.807, 2.05) is 30.2 Å². The van der Waals surface area contributed by atoms with Crippen LogP contribution in [0.2, 0.25) is 0 Å². The number of piperidine rings is 1. The molecule has 0 bridgehead atoms. The highest BCUT2D eigenvalue weighted by molar-refractivity contribution is 14.0. The van der Waals surface area contributed by atoms with E-state index < -0.39 is 0 Å². The van der Waals surface area contributed by atoms with E-state index >= 15 is 0 Å². The molecule has 1 fully saturated rings. The van der Waals surface area contributed by atoms with Gasteiger partial charge in [-0.2, -0.15) is 5.10 Å². The molecule has 0 unspecified atom stereocenters. The van der Waals surface area contributed by atoms with E-state index in [-0.39, 0.29) is 24.0 Å². The summed E-state index contributed by atoms with van der Waals surface area (Å²) in [5, 5.41) is 11.0. The van der Waals surface area contributed by atoms with Crippen molar-refractivity contribution < 1.29 is 0 Å².